The van der Waals surface area contributed by atoms with Crippen molar-refractivity contribution in [3.8, 4) is 10.6 Å². The third-order valence-electron chi connectivity index (χ3n) is 3.56. The Labute approximate surface area is 132 Å². The summed E-state index contributed by atoms with van der Waals surface area (Å²) >= 11 is 1.46. The minimum Gasteiger partial charge on any atom is -0.344 e. The molecule has 2 N–H and O–H groups in total. The summed E-state index contributed by atoms with van der Waals surface area (Å²) in [7, 11) is 0. The van der Waals surface area contributed by atoms with Crippen LogP contribution in [0.4, 0.5) is 5.69 Å². The number of benzene rings is 1. The standard InChI is InChI=1S/C15H16N4O2S/c20-13-4-2-1-3-12(18-13)14(21)17-11-7-5-10(6-8-11)15-19-16-9-22-15/h5-9,12H,1-4H2,(H,17,21)(H,18,20)/t12-/m0/s1. The molecular formula is C15H16N4O2S. The van der Waals surface area contributed by atoms with E-state index in [1.54, 1.807) is 5.51 Å². The molecule has 114 valence electrons. The van der Waals surface area contributed by atoms with Gasteiger partial charge in [0.2, 0.25) is 11.8 Å². The van der Waals surface area contributed by atoms with Crippen molar-refractivity contribution < 1.29 is 9.59 Å². The molecule has 1 atom stereocenters. The molecule has 22 heavy (non-hydrogen) atoms. The number of hydrogen-bond acceptors (Lipinski definition) is 5. The predicted octanol–water partition coefficient (Wildman–Crippen LogP) is 2.20. The van der Waals surface area contributed by atoms with Crippen LogP contribution in [-0.2, 0) is 9.59 Å². The molecule has 0 spiro atoms. The zero-order chi connectivity index (χ0) is 15.4. The molecule has 0 unspecified atom stereocenters. The van der Waals surface area contributed by atoms with Gasteiger partial charge in [-0.1, -0.05) is 17.8 Å². The fourth-order valence-electron chi connectivity index (χ4n) is 2.39. The summed E-state index contributed by atoms with van der Waals surface area (Å²) in [6, 6.07) is 6.99. The molecular weight excluding hydrogens is 300 g/mol. The molecule has 1 aliphatic rings. The highest BCUT2D eigenvalue weighted by Crippen LogP contribution is 2.22. The Kier molecular flexibility index (Phi) is 4.43. The van der Waals surface area contributed by atoms with Crippen LogP contribution in [0, 0.1) is 0 Å². The van der Waals surface area contributed by atoms with E-state index in [2.05, 4.69) is 20.8 Å². The van der Waals surface area contributed by atoms with E-state index >= 15 is 0 Å². The van der Waals surface area contributed by atoms with Gasteiger partial charge in [-0.15, -0.1) is 10.2 Å². The Bertz CT molecular complexity index is 655. The van der Waals surface area contributed by atoms with Crippen LogP contribution in [0.1, 0.15) is 25.7 Å². The fraction of sp³-hybridized carbons (Fsp3) is 0.333. The Hall–Kier alpha value is -2.28. The third kappa shape index (κ3) is 3.48. The second-order valence-electron chi connectivity index (χ2n) is 5.18. The van der Waals surface area contributed by atoms with Gasteiger partial charge in [0, 0.05) is 17.7 Å². The van der Waals surface area contributed by atoms with Crippen LogP contribution >= 0.6 is 11.3 Å². The SMILES string of the molecule is O=C1CCCC[C@@H](C(=O)Nc2ccc(-c3nncs3)cc2)N1. The van der Waals surface area contributed by atoms with E-state index in [1.807, 2.05) is 24.3 Å². The van der Waals surface area contributed by atoms with Crippen LogP contribution < -0.4 is 10.6 Å². The highest BCUT2D eigenvalue weighted by atomic mass is 32.1. The summed E-state index contributed by atoms with van der Waals surface area (Å²) in [4.78, 5) is 23.8. The highest BCUT2D eigenvalue weighted by molar-refractivity contribution is 7.12. The summed E-state index contributed by atoms with van der Waals surface area (Å²) in [5.41, 5.74) is 3.35. The molecule has 0 radical (unpaired) electrons. The number of hydrogen-bond donors (Lipinski definition) is 2. The van der Waals surface area contributed by atoms with E-state index in [9.17, 15) is 9.59 Å². The maximum absolute atomic E-state index is 12.2. The monoisotopic (exact) mass is 316 g/mol. The molecule has 6 nitrogen and oxygen atoms in total. The smallest absolute Gasteiger partial charge is 0.246 e. The molecule has 2 amide bonds. The molecule has 1 aromatic heterocycles. The zero-order valence-electron chi connectivity index (χ0n) is 11.9. The summed E-state index contributed by atoms with van der Waals surface area (Å²) < 4.78 is 0. The van der Waals surface area contributed by atoms with E-state index in [0.29, 0.717) is 18.5 Å². The third-order valence-corrected chi connectivity index (χ3v) is 4.30. The summed E-state index contributed by atoms with van der Waals surface area (Å²) in [6.07, 6.45) is 2.90. The van der Waals surface area contributed by atoms with Gasteiger partial charge in [0.25, 0.3) is 0 Å². The van der Waals surface area contributed by atoms with Crippen molar-refractivity contribution in [3.05, 3.63) is 29.8 Å². The molecule has 0 aliphatic carbocycles. The van der Waals surface area contributed by atoms with Crippen molar-refractivity contribution in [2.24, 2.45) is 0 Å². The zero-order valence-corrected chi connectivity index (χ0v) is 12.7. The second-order valence-corrected chi connectivity index (χ2v) is 6.01. The van der Waals surface area contributed by atoms with Gasteiger partial charge in [0.05, 0.1) is 0 Å². The van der Waals surface area contributed by atoms with Gasteiger partial charge in [-0.25, -0.2) is 0 Å². The van der Waals surface area contributed by atoms with E-state index in [-0.39, 0.29) is 11.8 Å². The molecule has 2 heterocycles. The molecule has 0 saturated carbocycles. The van der Waals surface area contributed by atoms with E-state index in [0.717, 1.165) is 23.4 Å². The van der Waals surface area contributed by atoms with Gasteiger partial charge in [0.1, 0.15) is 16.6 Å². The Morgan fingerprint density at radius 1 is 1.27 bits per heavy atom. The number of anilines is 1. The molecule has 1 aliphatic heterocycles. The summed E-state index contributed by atoms with van der Waals surface area (Å²) in [5, 5.41) is 14.3. The van der Waals surface area contributed by atoms with E-state index in [1.165, 1.54) is 11.3 Å². The lowest BCUT2D eigenvalue weighted by atomic mass is 10.1. The molecule has 1 fully saturated rings. The van der Waals surface area contributed by atoms with Crippen molar-refractivity contribution in [2.75, 3.05) is 5.32 Å². The highest BCUT2D eigenvalue weighted by Gasteiger charge is 2.23. The van der Waals surface area contributed by atoms with E-state index in [4.69, 9.17) is 0 Å². The van der Waals surface area contributed by atoms with E-state index < -0.39 is 6.04 Å². The molecule has 7 heteroatoms. The van der Waals surface area contributed by atoms with Crippen molar-refractivity contribution in [1.82, 2.24) is 15.5 Å². The predicted molar refractivity (Wildman–Crippen MR) is 84.4 cm³/mol. The van der Waals surface area contributed by atoms with Crippen LogP contribution in [0.5, 0.6) is 0 Å². The average molecular weight is 316 g/mol. The quantitative estimate of drug-likeness (QED) is 0.909. The Balaban J connectivity index is 1.65. The number of carbonyl (C=O) groups excluding carboxylic acids is 2. The van der Waals surface area contributed by atoms with Gasteiger partial charge in [-0.3, -0.25) is 9.59 Å². The first-order valence-corrected chi connectivity index (χ1v) is 8.07. The second kappa shape index (κ2) is 6.65. The first-order chi connectivity index (χ1) is 10.7. The maximum Gasteiger partial charge on any atom is 0.246 e. The van der Waals surface area contributed by atoms with Gasteiger partial charge in [0.15, 0.2) is 0 Å². The van der Waals surface area contributed by atoms with Gasteiger partial charge in [-0.2, -0.15) is 0 Å². The molecule has 1 saturated heterocycles. The van der Waals surface area contributed by atoms with Crippen LogP contribution in [-0.4, -0.2) is 28.1 Å². The lowest BCUT2D eigenvalue weighted by Crippen LogP contribution is -2.42. The van der Waals surface area contributed by atoms with Crippen molar-refractivity contribution in [3.63, 3.8) is 0 Å². The fourth-order valence-corrected chi connectivity index (χ4v) is 2.95. The number of nitrogens with one attached hydrogen (secondary N) is 2. The van der Waals surface area contributed by atoms with Crippen molar-refractivity contribution in [1.29, 1.82) is 0 Å². The minimum absolute atomic E-state index is 0.0516. The summed E-state index contributed by atoms with van der Waals surface area (Å²) in [5.74, 6) is -0.219. The number of amides is 2. The Morgan fingerprint density at radius 2 is 2.09 bits per heavy atom. The van der Waals surface area contributed by atoms with Crippen LogP contribution in [0.15, 0.2) is 29.8 Å². The number of rotatable bonds is 3. The number of nitrogens with zero attached hydrogens (tertiary/aromatic N) is 2. The number of aromatic nitrogens is 2. The molecule has 1 aromatic carbocycles. The number of carbonyl (C=O) groups is 2. The first kappa shape index (κ1) is 14.6. The maximum atomic E-state index is 12.2. The van der Waals surface area contributed by atoms with Gasteiger partial charge >= 0.3 is 0 Å². The lowest BCUT2D eigenvalue weighted by molar-refractivity contribution is -0.125. The van der Waals surface area contributed by atoms with Gasteiger partial charge < -0.3 is 10.6 Å². The summed E-state index contributed by atoms with van der Waals surface area (Å²) in [6.45, 7) is 0. The molecule has 2 aromatic rings. The normalized spacial score (nSPS) is 18.4. The van der Waals surface area contributed by atoms with Crippen LogP contribution in [0.2, 0.25) is 0 Å². The molecule has 0 bridgehead atoms. The van der Waals surface area contributed by atoms with Crippen molar-refractivity contribution in [2.45, 2.75) is 31.7 Å². The largest absolute Gasteiger partial charge is 0.344 e. The minimum atomic E-state index is -0.446. The van der Waals surface area contributed by atoms with Crippen molar-refractivity contribution >= 4 is 28.8 Å². The molecule has 3 rings (SSSR count). The lowest BCUT2D eigenvalue weighted by Gasteiger charge is -2.15. The average Bonchev–Trinajstić information content (AvgIpc) is 2.97. The first-order valence-electron chi connectivity index (χ1n) is 7.19. The van der Waals surface area contributed by atoms with Gasteiger partial charge in [-0.05, 0) is 37.1 Å². The Morgan fingerprint density at radius 3 is 2.82 bits per heavy atom. The van der Waals surface area contributed by atoms with Crippen LogP contribution in [0.3, 0.4) is 0 Å². The van der Waals surface area contributed by atoms with Crippen LogP contribution in [0.25, 0.3) is 10.6 Å². The topological polar surface area (TPSA) is 84.0 Å².